The summed E-state index contributed by atoms with van der Waals surface area (Å²) in [6.45, 7) is 1.89. The highest BCUT2D eigenvalue weighted by molar-refractivity contribution is 6.02. The topological polar surface area (TPSA) is 55.1 Å². The van der Waals surface area contributed by atoms with E-state index in [9.17, 15) is 4.79 Å². The van der Waals surface area contributed by atoms with Crippen LogP contribution in [0.4, 0.5) is 5.69 Å². The SMILES string of the molecule is CNc1cccc2cc(C)c(C(N)=O)cc12. The van der Waals surface area contributed by atoms with E-state index in [0.29, 0.717) is 5.56 Å². The fraction of sp³-hybridized carbons (Fsp3) is 0.154. The Hall–Kier alpha value is -2.03. The molecule has 0 bridgehead atoms. The Morgan fingerprint density at radius 2 is 2.06 bits per heavy atom. The van der Waals surface area contributed by atoms with E-state index >= 15 is 0 Å². The molecular weight excluding hydrogens is 200 g/mol. The van der Waals surface area contributed by atoms with Gasteiger partial charge in [-0.3, -0.25) is 4.79 Å². The molecule has 0 saturated carbocycles. The third kappa shape index (κ3) is 1.60. The van der Waals surface area contributed by atoms with Gasteiger partial charge < -0.3 is 11.1 Å². The predicted octanol–water partition coefficient (Wildman–Crippen LogP) is 2.29. The number of carbonyl (C=O) groups excluding carboxylic acids is 1. The van der Waals surface area contributed by atoms with Gasteiger partial charge in [0.15, 0.2) is 0 Å². The summed E-state index contributed by atoms with van der Waals surface area (Å²) in [5.74, 6) is -0.384. The minimum Gasteiger partial charge on any atom is -0.388 e. The number of rotatable bonds is 2. The second-order valence-corrected chi connectivity index (χ2v) is 3.81. The Labute approximate surface area is 94.3 Å². The van der Waals surface area contributed by atoms with Crippen molar-refractivity contribution >= 4 is 22.4 Å². The first-order valence-electron chi connectivity index (χ1n) is 5.14. The van der Waals surface area contributed by atoms with Crippen LogP contribution in [0.3, 0.4) is 0 Å². The van der Waals surface area contributed by atoms with Crippen LogP contribution in [0.2, 0.25) is 0 Å². The lowest BCUT2D eigenvalue weighted by molar-refractivity contribution is 0.1000. The van der Waals surface area contributed by atoms with Gasteiger partial charge in [-0.05, 0) is 30.0 Å². The molecule has 0 aliphatic rings. The molecule has 0 fully saturated rings. The van der Waals surface area contributed by atoms with Crippen molar-refractivity contribution < 1.29 is 4.79 Å². The molecule has 0 spiro atoms. The highest BCUT2D eigenvalue weighted by Gasteiger charge is 2.08. The molecule has 0 radical (unpaired) electrons. The largest absolute Gasteiger partial charge is 0.388 e. The van der Waals surface area contributed by atoms with E-state index in [-0.39, 0.29) is 5.91 Å². The summed E-state index contributed by atoms with van der Waals surface area (Å²) in [6, 6.07) is 9.81. The number of hydrogen-bond acceptors (Lipinski definition) is 2. The zero-order chi connectivity index (χ0) is 11.7. The molecule has 3 nitrogen and oxygen atoms in total. The Bertz CT molecular complexity index is 561. The lowest BCUT2D eigenvalue weighted by Crippen LogP contribution is -2.12. The van der Waals surface area contributed by atoms with E-state index in [1.807, 2.05) is 44.3 Å². The van der Waals surface area contributed by atoms with E-state index in [4.69, 9.17) is 5.73 Å². The molecule has 2 rings (SSSR count). The molecule has 0 aliphatic carbocycles. The molecule has 82 valence electrons. The molecule has 0 heterocycles. The third-order valence-electron chi connectivity index (χ3n) is 2.76. The second kappa shape index (κ2) is 3.85. The average Bonchev–Trinajstić information content (AvgIpc) is 2.26. The molecule has 0 atom stereocenters. The predicted molar refractivity (Wildman–Crippen MR) is 66.7 cm³/mol. The monoisotopic (exact) mass is 214 g/mol. The minimum atomic E-state index is -0.384. The van der Waals surface area contributed by atoms with Gasteiger partial charge >= 0.3 is 0 Å². The summed E-state index contributed by atoms with van der Waals surface area (Å²) in [7, 11) is 1.86. The number of hydrogen-bond donors (Lipinski definition) is 2. The summed E-state index contributed by atoms with van der Waals surface area (Å²) < 4.78 is 0. The van der Waals surface area contributed by atoms with E-state index in [1.165, 1.54) is 0 Å². The number of aryl methyl sites for hydroxylation is 1. The fourth-order valence-corrected chi connectivity index (χ4v) is 1.92. The van der Waals surface area contributed by atoms with Gasteiger partial charge in [0.25, 0.3) is 0 Å². The van der Waals surface area contributed by atoms with Crippen LogP contribution in [0.15, 0.2) is 30.3 Å². The van der Waals surface area contributed by atoms with Gasteiger partial charge in [-0.15, -0.1) is 0 Å². The first kappa shape index (κ1) is 10.5. The number of nitrogens with two attached hydrogens (primary N) is 1. The van der Waals surface area contributed by atoms with Crippen LogP contribution in [-0.4, -0.2) is 13.0 Å². The van der Waals surface area contributed by atoms with Crippen LogP contribution in [0.5, 0.6) is 0 Å². The summed E-state index contributed by atoms with van der Waals surface area (Å²) in [5, 5.41) is 5.23. The molecule has 0 saturated heterocycles. The molecule has 16 heavy (non-hydrogen) atoms. The molecule has 0 unspecified atom stereocenters. The Morgan fingerprint density at radius 1 is 1.31 bits per heavy atom. The van der Waals surface area contributed by atoms with E-state index in [2.05, 4.69) is 5.32 Å². The second-order valence-electron chi connectivity index (χ2n) is 3.81. The van der Waals surface area contributed by atoms with Crippen molar-refractivity contribution in [1.82, 2.24) is 0 Å². The van der Waals surface area contributed by atoms with Crippen molar-refractivity contribution in [1.29, 1.82) is 0 Å². The molecule has 3 heteroatoms. The number of amides is 1. The third-order valence-corrected chi connectivity index (χ3v) is 2.76. The van der Waals surface area contributed by atoms with Crippen molar-refractivity contribution in [2.24, 2.45) is 5.73 Å². The number of anilines is 1. The van der Waals surface area contributed by atoms with E-state index in [0.717, 1.165) is 22.0 Å². The lowest BCUT2D eigenvalue weighted by atomic mass is 10.0. The van der Waals surface area contributed by atoms with E-state index < -0.39 is 0 Å². The first-order valence-corrected chi connectivity index (χ1v) is 5.14. The Morgan fingerprint density at radius 3 is 2.69 bits per heavy atom. The zero-order valence-electron chi connectivity index (χ0n) is 9.37. The van der Waals surface area contributed by atoms with Crippen LogP contribution < -0.4 is 11.1 Å². The quantitative estimate of drug-likeness (QED) is 0.805. The summed E-state index contributed by atoms with van der Waals surface area (Å²) in [6.07, 6.45) is 0. The minimum absolute atomic E-state index is 0.384. The van der Waals surface area contributed by atoms with Gasteiger partial charge in [-0.2, -0.15) is 0 Å². The smallest absolute Gasteiger partial charge is 0.248 e. The zero-order valence-corrected chi connectivity index (χ0v) is 9.37. The van der Waals surface area contributed by atoms with E-state index in [1.54, 1.807) is 0 Å². The molecule has 0 aliphatic heterocycles. The van der Waals surface area contributed by atoms with Crippen molar-refractivity contribution in [3.05, 3.63) is 41.5 Å². The first-order chi connectivity index (χ1) is 7.63. The maximum Gasteiger partial charge on any atom is 0.248 e. The number of carbonyl (C=O) groups is 1. The summed E-state index contributed by atoms with van der Waals surface area (Å²) in [4.78, 5) is 11.3. The standard InChI is InChI=1S/C13H14N2O/c1-8-6-9-4-3-5-12(15-2)11(9)7-10(8)13(14)16/h3-7,15H,1-2H3,(H2,14,16). The van der Waals surface area contributed by atoms with Crippen molar-refractivity contribution in [2.45, 2.75) is 6.92 Å². The van der Waals surface area contributed by atoms with Crippen molar-refractivity contribution in [3.8, 4) is 0 Å². The van der Waals surface area contributed by atoms with Gasteiger partial charge in [0, 0.05) is 23.7 Å². The number of primary amides is 1. The maximum absolute atomic E-state index is 11.3. The highest BCUT2D eigenvalue weighted by Crippen LogP contribution is 2.26. The number of fused-ring (bicyclic) bond motifs is 1. The Kier molecular flexibility index (Phi) is 2.52. The normalized spacial score (nSPS) is 10.4. The maximum atomic E-state index is 11.3. The number of nitrogens with one attached hydrogen (secondary N) is 1. The molecule has 3 N–H and O–H groups in total. The molecule has 1 amide bonds. The molecule has 2 aromatic carbocycles. The van der Waals surface area contributed by atoms with Crippen LogP contribution >= 0.6 is 0 Å². The van der Waals surface area contributed by atoms with Crippen LogP contribution in [-0.2, 0) is 0 Å². The van der Waals surface area contributed by atoms with Gasteiger partial charge in [0.05, 0.1) is 0 Å². The van der Waals surface area contributed by atoms with Crippen LogP contribution in [0.1, 0.15) is 15.9 Å². The van der Waals surface area contributed by atoms with Crippen LogP contribution in [0.25, 0.3) is 10.8 Å². The average molecular weight is 214 g/mol. The molecule has 2 aromatic rings. The highest BCUT2D eigenvalue weighted by atomic mass is 16.1. The summed E-state index contributed by atoms with van der Waals surface area (Å²) >= 11 is 0. The Balaban J connectivity index is 2.80. The summed E-state index contributed by atoms with van der Waals surface area (Å²) in [5.41, 5.74) is 7.83. The molecular formula is C13H14N2O. The van der Waals surface area contributed by atoms with Crippen molar-refractivity contribution in [2.75, 3.05) is 12.4 Å². The van der Waals surface area contributed by atoms with Gasteiger partial charge in [-0.1, -0.05) is 18.2 Å². The fourth-order valence-electron chi connectivity index (χ4n) is 1.92. The van der Waals surface area contributed by atoms with Crippen molar-refractivity contribution in [3.63, 3.8) is 0 Å². The molecule has 0 aromatic heterocycles. The van der Waals surface area contributed by atoms with Gasteiger partial charge in [-0.25, -0.2) is 0 Å². The van der Waals surface area contributed by atoms with Gasteiger partial charge in [0.1, 0.15) is 0 Å². The van der Waals surface area contributed by atoms with Crippen LogP contribution in [0, 0.1) is 6.92 Å². The van der Waals surface area contributed by atoms with Gasteiger partial charge in [0.2, 0.25) is 5.91 Å². The lowest BCUT2D eigenvalue weighted by Gasteiger charge is -2.09. The number of benzene rings is 2.